The number of likely N-dealkylation sites (N-methyl/N-ethyl adjacent to an activating group) is 1. The second-order valence-electron chi connectivity index (χ2n) is 15.7. The number of aliphatic hydroxyl groups excluding tert-OH is 1. The number of hydroxylamine groups is 2. The summed E-state index contributed by atoms with van der Waals surface area (Å²) in [6.45, 7) is 12.7. The van der Waals surface area contributed by atoms with Crippen molar-refractivity contribution in [2.45, 2.75) is 78.3 Å². The Morgan fingerprint density at radius 3 is 2.50 bits per heavy atom. The first-order valence-electron chi connectivity index (χ1n) is 18.3. The van der Waals surface area contributed by atoms with Crippen LogP contribution < -0.4 is 26.0 Å². The maximum Gasteiger partial charge on any atom is 0.251 e. The van der Waals surface area contributed by atoms with Crippen LogP contribution in [0.4, 0.5) is 5.69 Å². The minimum Gasteiger partial charge on any atom is -0.493 e. The molecular weight excluding hydrogens is 632 g/mol. The van der Waals surface area contributed by atoms with E-state index >= 15 is 0 Å². The van der Waals surface area contributed by atoms with Crippen molar-refractivity contribution < 1.29 is 24.3 Å². The van der Waals surface area contributed by atoms with Gasteiger partial charge in [-0.3, -0.25) is 14.4 Å². The highest BCUT2D eigenvalue weighted by Gasteiger charge is 2.57. The number of hydrogen-bond acceptors (Lipinski definition) is 9. The van der Waals surface area contributed by atoms with Gasteiger partial charge in [-0.25, -0.2) is 0 Å². The standard InChI is InChI=1S/C39H60N6O5/c1-10-49-36-25(12-11-13-30(36)26-16-27(18-29(17-26)44(8)9)37(47)41-14-15-43(6)7)22-45-35(34(24(3)46)33(21-40)50-45)38(48)42-32-20-28-19-31(23(32)2)39(28,4)5/h11-13,16-18,23-24,28,31-35,46H,10,14-15,19-22,40H2,1-9H3,(H,41,47)(H,42,48)/t23-,24-,28+,31-,32-,33-,34+,35-/m0/s1. The molecule has 5 N–H and O–H groups in total. The van der Waals surface area contributed by atoms with E-state index in [0.717, 1.165) is 35.3 Å². The molecule has 2 aromatic rings. The third-order valence-corrected chi connectivity index (χ3v) is 11.7. The Balaban J connectivity index is 1.46. The largest absolute Gasteiger partial charge is 0.493 e. The number of carbonyl (C=O) groups is 2. The first-order valence-corrected chi connectivity index (χ1v) is 18.3. The number of aliphatic hydroxyl groups is 1. The summed E-state index contributed by atoms with van der Waals surface area (Å²) < 4.78 is 6.34. The van der Waals surface area contributed by atoms with Crippen molar-refractivity contribution >= 4 is 17.5 Å². The average molecular weight is 693 g/mol. The molecule has 11 heteroatoms. The predicted octanol–water partition coefficient (Wildman–Crippen LogP) is 3.74. The molecule has 2 amide bonds. The van der Waals surface area contributed by atoms with Gasteiger partial charge < -0.3 is 36.0 Å². The normalized spacial score (nSPS) is 27.8. The molecule has 6 rings (SSSR count). The molecule has 2 aromatic carbocycles. The van der Waals surface area contributed by atoms with Crippen LogP contribution >= 0.6 is 0 Å². The third kappa shape index (κ3) is 7.67. The van der Waals surface area contributed by atoms with Gasteiger partial charge in [-0.1, -0.05) is 39.0 Å². The van der Waals surface area contributed by atoms with E-state index in [9.17, 15) is 14.7 Å². The van der Waals surface area contributed by atoms with Crippen molar-refractivity contribution in [3.63, 3.8) is 0 Å². The Labute approximate surface area is 298 Å². The van der Waals surface area contributed by atoms with Crippen LogP contribution in [0.25, 0.3) is 11.1 Å². The van der Waals surface area contributed by atoms with Crippen molar-refractivity contribution in [1.29, 1.82) is 0 Å². The molecule has 276 valence electrons. The Morgan fingerprint density at radius 2 is 1.90 bits per heavy atom. The van der Waals surface area contributed by atoms with Gasteiger partial charge >= 0.3 is 0 Å². The molecule has 0 aromatic heterocycles. The number of amides is 2. The lowest BCUT2D eigenvalue weighted by Gasteiger charge is -2.62. The van der Waals surface area contributed by atoms with Crippen LogP contribution in [0.2, 0.25) is 0 Å². The topological polar surface area (TPSA) is 133 Å². The van der Waals surface area contributed by atoms with Crippen molar-refractivity contribution in [1.82, 2.24) is 20.6 Å². The number of anilines is 1. The zero-order valence-corrected chi connectivity index (χ0v) is 31.5. The molecule has 4 fully saturated rings. The Bertz CT molecular complexity index is 1510. The van der Waals surface area contributed by atoms with E-state index in [-0.39, 0.29) is 30.9 Å². The number of nitrogens with two attached hydrogens (primary N) is 1. The number of para-hydroxylation sites is 1. The lowest BCUT2D eigenvalue weighted by atomic mass is 9.45. The highest BCUT2D eigenvalue weighted by Crippen LogP contribution is 2.61. The molecule has 1 saturated heterocycles. The predicted molar refractivity (Wildman–Crippen MR) is 198 cm³/mol. The smallest absolute Gasteiger partial charge is 0.251 e. The number of carbonyl (C=O) groups excluding carboxylic acids is 2. The van der Waals surface area contributed by atoms with Crippen molar-refractivity contribution in [3.8, 4) is 16.9 Å². The van der Waals surface area contributed by atoms with Gasteiger partial charge in [0, 0.05) is 68.1 Å². The minimum atomic E-state index is -0.811. The summed E-state index contributed by atoms with van der Waals surface area (Å²) in [6, 6.07) is 11.1. The molecule has 0 radical (unpaired) electrons. The van der Waals surface area contributed by atoms with E-state index in [1.54, 1.807) is 12.0 Å². The van der Waals surface area contributed by atoms with Crippen LogP contribution in [-0.4, -0.2) is 106 Å². The first-order chi connectivity index (χ1) is 23.7. The molecule has 11 nitrogen and oxygen atoms in total. The summed E-state index contributed by atoms with van der Waals surface area (Å²) in [6.07, 6.45) is 0.851. The molecular formula is C39H60N6O5. The van der Waals surface area contributed by atoms with Crippen LogP contribution in [0.5, 0.6) is 5.75 Å². The molecule has 2 bridgehead atoms. The summed E-state index contributed by atoms with van der Waals surface area (Å²) in [7, 11) is 7.85. The van der Waals surface area contributed by atoms with Crippen LogP contribution in [0.1, 0.15) is 63.4 Å². The van der Waals surface area contributed by atoms with E-state index in [4.69, 9.17) is 15.3 Å². The number of benzene rings is 2. The number of nitrogens with zero attached hydrogens (tertiary/aromatic N) is 3. The van der Waals surface area contributed by atoms with E-state index in [1.165, 1.54) is 6.42 Å². The van der Waals surface area contributed by atoms with Crippen LogP contribution in [0.15, 0.2) is 36.4 Å². The zero-order valence-electron chi connectivity index (χ0n) is 31.5. The molecule has 50 heavy (non-hydrogen) atoms. The number of fused-ring (bicyclic) bond motifs is 2. The van der Waals surface area contributed by atoms with Gasteiger partial charge in [0.1, 0.15) is 11.8 Å². The van der Waals surface area contributed by atoms with Gasteiger partial charge in [-0.05, 0) is 87.7 Å². The van der Waals surface area contributed by atoms with E-state index in [0.29, 0.717) is 47.6 Å². The molecule has 1 aliphatic heterocycles. The minimum absolute atomic E-state index is 0.0771. The summed E-state index contributed by atoms with van der Waals surface area (Å²) in [5, 5.41) is 19.1. The zero-order chi connectivity index (χ0) is 36.5. The van der Waals surface area contributed by atoms with Crippen LogP contribution in [0.3, 0.4) is 0 Å². The Morgan fingerprint density at radius 1 is 1.16 bits per heavy atom. The number of ether oxygens (including phenoxy) is 1. The fourth-order valence-electron chi connectivity index (χ4n) is 8.60. The molecule has 4 aliphatic rings. The second kappa shape index (κ2) is 15.6. The highest BCUT2D eigenvalue weighted by atomic mass is 16.7. The van der Waals surface area contributed by atoms with Crippen molar-refractivity contribution in [2.75, 3.05) is 59.3 Å². The molecule has 0 unspecified atom stereocenters. The van der Waals surface area contributed by atoms with E-state index in [1.807, 2.05) is 81.3 Å². The number of nitrogens with one attached hydrogen (secondary N) is 2. The first kappa shape index (κ1) is 38.0. The van der Waals surface area contributed by atoms with Crippen LogP contribution in [-0.2, 0) is 16.2 Å². The fourth-order valence-corrected chi connectivity index (χ4v) is 8.60. The Hall–Kier alpha value is -3.22. The van der Waals surface area contributed by atoms with Gasteiger partial charge in [0.25, 0.3) is 5.91 Å². The summed E-state index contributed by atoms with van der Waals surface area (Å²) in [5.74, 6) is 1.41. The number of rotatable bonds is 14. The van der Waals surface area contributed by atoms with Crippen LogP contribution in [0, 0.1) is 29.1 Å². The third-order valence-electron chi connectivity index (χ3n) is 11.7. The molecule has 8 atom stereocenters. The Kier molecular flexibility index (Phi) is 11.8. The highest BCUT2D eigenvalue weighted by molar-refractivity contribution is 5.97. The second-order valence-corrected chi connectivity index (χ2v) is 15.7. The molecule has 3 aliphatic carbocycles. The maximum atomic E-state index is 14.3. The summed E-state index contributed by atoms with van der Waals surface area (Å²) in [4.78, 5) is 38.0. The lowest BCUT2D eigenvalue weighted by Crippen LogP contribution is -2.62. The van der Waals surface area contributed by atoms with Gasteiger partial charge in [-0.2, -0.15) is 5.06 Å². The van der Waals surface area contributed by atoms with E-state index < -0.39 is 24.2 Å². The molecule has 3 saturated carbocycles. The van der Waals surface area contributed by atoms with Gasteiger partial charge in [0.15, 0.2) is 0 Å². The summed E-state index contributed by atoms with van der Waals surface area (Å²) >= 11 is 0. The van der Waals surface area contributed by atoms with Crippen molar-refractivity contribution in [2.24, 2.45) is 34.8 Å². The number of hydrogen-bond donors (Lipinski definition) is 4. The lowest BCUT2D eigenvalue weighted by molar-refractivity contribution is -0.176. The summed E-state index contributed by atoms with van der Waals surface area (Å²) in [5.41, 5.74) is 10.4. The monoisotopic (exact) mass is 692 g/mol. The van der Waals surface area contributed by atoms with E-state index in [2.05, 4.69) is 31.4 Å². The SMILES string of the molecule is CCOc1c(CN2O[C@@H](CN)[C@@H]([C@H](C)O)[C@H]2C(=O)N[C@H]2C[C@H]3C[C@@H]([C@@H]2C)C3(C)C)cccc1-c1cc(C(=O)NCCN(C)C)cc(N(C)C)c1. The van der Waals surface area contributed by atoms with Gasteiger partial charge in [-0.15, -0.1) is 0 Å². The molecule has 1 heterocycles. The maximum absolute atomic E-state index is 14.3. The van der Waals surface area contributed by atoms with Crippen molar-refractivity contribution in [3.05, 3.63) is 47.5 Å². The van der Waals surface area contributed by atoms with Gasteiger partial charge in [0.2, 0.25) is 5.91 Å². The van der Waals surface area contributed by atoms with Gasteiger partial charge in [0.05, 0.1) is 25.4 Å². The fraction of sp³-hybridized carbons (Fsp3) is 0.641. The molecule has 0 spiro atoms. The quantitative estimate of drug-likeness (QED) is 0.234. The average Bonchev–Trinajstić information content (AvgIpc) is 3.44.